The molecule has 0 aliphatic rings. The van der Waals surface area contributed by atoms with Crippen LogP contribution in [0.25, 0.3) is 6.08 Å². The number of aromatic carboxylic acids is 1. The topological polar surface area (TPSA) is 109 Å². The Balaban J connectivity index is 1.76. The Labute approximate surface area is 205 Å². The van der Waals surface area contributed by atoms with Gasteiger partial charge in [0.1, 0.15) is 18.2 Å². The van der Waals surface area contributed by atoms with E-state index in [4.69, 9.17) is 37.8 Å². The first-order chi connectivity index (χ1) is 16.3. The molecule has 34 heavy (non-hydrogen) atoms. The predicted octanol–water partition coefficient (Wildman–Crippen LogP) is 5.82. The number of methoxy groups -OCH3 is 1. The van der Waals surface area contributed by atoms with Gasteiger partial charge in [-0.25, -0.2) is 4.79 Å². The highest BCUT2D eigenvalue weighted by atomic mass is 35.5. The van der Waals surface area contributed by atoms with E-state index in [1.807, 2.05) is 6.07 Å². The quantitative estimate of drug-likeness (QED) is 0.300. The molecule has 3 aromatic carbocycles. The molecule has 9 heteroatoms. The normalized spacial score (nSPS) is 10.8. The number of halogens is 2. The summed E-state index contributed by atoms with van der Waals surface area (Å²) < 4.78 is 11.2. The van der Waals surface area contributed by atoms with Gasteiger partial charge in [-0.15, -0.1) is 0 Å². The van der Waals surface area contributed by atoms with Crippen molar-refractivity contribution in [1.82, 2.24) is 0 Å². The predicted molar refractivity (Wildman–Crippen MR) is 129 cm³/mol. The molecule has 0 bridgehead atoms. The number of anilines is 1. The van der Waals surface area contributed by atoms with Gasteiger partial charge in [-0.1, -0.05) is 41.4 Å². The van der Waals surface area contributed by atoms with E-state index in [0.29, 0.717) is 27.1 Å². The molecule has 0 atom stereocenters. The zero-order valence-corrected chi connectivity index (χ0v) is 19.4. The van der Waals surface area contributed by atoms with Crippen LogP contribution in [0.1, 0.15) is 21.5 Å². The van der Waals surface area contributed by atoms with Crippen LogP contribution in [-0.2, 0) is 11.4 Å². The van der Waals surface area contributed by atoms with Gasteiger partial charge in [0.15, 0.2) is 11.5 Å². The van der Waals surface area contributed by atoms with Crippen molar-refractivity contribution in [2.24, 2.45) is 0 Å². The van der Waals surface area contributed by atoms with Crippen LogP contribution in [0.4, 0.5) is 5.69 Å². The number of carboxylic acids is 1. The van der Waals surface area contributed by atoms with E-state index in [1.54, 1.807) is 36.4 Å². The van der Waals surface area contributed by atoms with Gasteiger partial charge >= 0.3 is 5.97 Å². The van der Waals surface area contributed by atoms with Gasteiger partial charge in [0.2, 0.25) is 0 Å². The highest BCUT2D eigenvalue weighted by Gasteiger charge is 2.13. The minimum Gasteiger partial charge on any atom is -0.493 e. The Bertz CT molecular complexity index is 1310. The maximum atomic E-state index is 12.5. The maximum Gasteiger partial charge on any atom is 0.335 e. The first kappa shape index (κ1) is 24.6. The number of amides is 1. The standard InChI is InChI=1S/C25H18Cl2N2O5/c1-33-23-10-15(5-8-22(23)34-14-17-6-7-19(26)12-21(17)27)9-18(13-28)24(30)29-20-4-2-3-16(11-20)25(31)32/h2-12H,14H2,1H3,(H,29,30)(H,31,32)/b18-9-. The number of hydrogen-bond acceptors (Lipinski definition) is 5. The molecule has 0 aromatic heterocycles. The Hall–Kier alpha value is -3.99. The first-order valence-corrected chi connectivity index (χ1v) is 10.6. The third-order valence-corrected chi connectivity index (χ3v) is 5.22. The molecule has 0 spiro atoms. The minimum absolute atomic E-state index is 0.0144. The lowest BCUT2D eigenvalue weighted by molar-refractivity contribution is -0.112. The van der Waals surface area contributed by atoms with Crippen LogP contribution in [0.2, 0.25) is 10.0 Å². The van der Waals surface area contributed by atoms with E-state index in [1.165, 1.54) is 37.5 Å². The van der Waals surface area contributed by atoms with E-state index in [0.717, 1.165) is 5.56 Å². The molecule has 0 radical (unpaired) electrons. The molecule has 0 unspecified atom stereocenters. The summed E-state index contributed by atoms with van der Waals surface area (Å²) in [5, 5.41) is 22.1. The van der Waals surface area contributed by atoms with Crippen LogP contribution in [0.5, 0.6) is 11.5 Å². The average Bonchev–Trinajstić information content (AvgIpc) is 2.82. The van der Waals surface area contributed by atoms with Crippen molar-refractivity contribution >= 4 is 46.8 Å². The number of carbonyl (C=O) groups excluding carboxylic acids is 1. The first-order valence-electron chi connectivity index (χ1n) is 9.82. The van der Waals surface area contributed by atoms with Crippen LogP contribution in [0.3, 0.4) is 0 Å². The van der Waals surface area contributed by atoms with Crippen LogP contribution in [-0.4, -0.2) is 24.1 Å². The SMILES string of the molecule is COc1cc(/C=C(/C#N)C(=O)Nc2cccc(C(=O)O)c2)ccc1OCc1ccc(Cl)cc1Cl. The third-order valence-electron chi connectivity index (χ3n) is 4.63. The molecule has 0 fully saturated rings. The smallest absolute Gasteiger partial charge is 0.335 e. The molecule has 0 saturated carbocycles. The number of hydrogen-bond donors (Lipinski definition) is 2. The van der Waals surface area contributed by atoms with Crippen LogP contribution in [0, 0.1) is 11.3 Å². The minimum atomic E-state index is -1.13. The monoisotopic (exact) mass is 496 g/mol. The Kier molecular flexibility index (Phi) is 8.14. The van der Waals surface area contributed by atoms with Crippen molar-refractivity contribution in [2.75, 3.05) is 12.4 Å². The maximum absolute atomic E-state index is 12.5. The van der Waals surface area contributed by atoms with Gasteiger partial charge in [-0.05, 0) is 54.1 Å². The van der Waals surface area contributed by atoms with Crippen molar-refractivity contribution in [2.45, 2.75) is 6.61 Å². The Morgan fingerprint density at radius 2 is 1.88 bits per heavy atom. The number of nitrogens with zero attached hydrogens (tertiary/aromatic N) is 1. The number of carbonyl (C=O) groups is 2. The number of benzene rings is 3. The summed E-state index contributed by atoms with van der Waals surface area (Å²) in [4.78, 5) is 23.6. The van der Waals surface area contributed by atoms with Crippen molar-refractivity contribution < 1.29 is 24.2 Å². The van der Waals surface area contributed by atoms with Crippen molar-refractivity contribution in [1.29, 1.82) is 5.26 Å². The lowest BCUT2D eigenvalue weighted by Gasteiger charge is -2.12. The average molecular weight is 497 g/mol. The fraction of sp³-hybridized carbons (Fsp3) is 0.0800. The number of ether oxygens (including phenoxy) is 2. The number of carboxylic acid groups (broad SMARTS) is 1. The molecule has 7 nitrogen and oxygen atoms in total. The number of rotatable bonds is 8. The zero-order valence-electron chi connectivity index (χ0n) is 17.8. The van der Waals surface area contributed by atoms with Gasteiger partial charge in [-0.3, -0.25) is 4.79 Å². The molecule has 1 amide bonds. The summed E-state index contributed by atoms with van der Waals surface area (Å²) in [6, 6.07) is 17.6. The molecule has 0 heterocycles. The van der Waals surface area contributed by atoms with E-state index in [9.17, 15) is 14.9 Å². The fourth-order valence-electron chi connectivity index (χ4n) is 2.93. The Morgan fingerprint density at radius 1 is 1.09 bits per heavy atom. The van der Waals surface area contributed by atoms with E-state index >= 15 is 0 Å². The molecule has 2 N–H and O–H groups in total. The number of nitrogens with one attached hydrogen (secondary N) is 1. The molecular weight excluding hydrogens is 479 g/mol. The van der Waals surface area contributed by atoms with Crippen LogP contribution < -0.4 is 14.8 Å². The molecule has 0 aliphatic heterocycles. The molecular formula is C25H18Cl2N2O5. The summed E-state index contributed by atoms with van der Waals surface area (Å²) in [7, 11) is 1.47. The van der Waals surface area contributed by atoms with Gasteiger partial charge in [0.25, 0.3) is 5.91 Å². The van der Waals surface area contributed by atoms with Gasteiger partial charge in [-0.2, -0.15) is 5.26 Å². The van der Waals surface area contributed by atoms with Crippen molar-refractivity contribution in [3.8, 4) is 17.6 Å². The lowest BCUT2D eigenvalue weighted by atomic mass is 10.1. The summed E-state index contributed by atoms with van der Waals surface area (Å²) in [6.07, 6.45) is 1.39. The summed E-state index contributed by atoms with van der Waals surface area (Å²) in [6.45, 7) is 0.183. The van der Waals surface area contributed by atoms with Gasteiger partial charge in [0.05, 0.1) is 12.7 Å². The lowest BCUT2D eigenvalue weighted by Crippen LogP contribution is -2.14. The molecule has 0 aliphatic carbocycles. The second-order valence-corrected chi connectivity index (χ2v) is 7.79. The highest BCUT2D eigenvalue weighted by molar-refractivity contribution is 6.35. The summed E-state index contributed by atoms with van der Waals surface area (Å²) >= 11 is 12.1. The van der Waals surface area contributed by atoms with Gasteiger partial charge < -0.3 is 19.9 Å². The second-order valence-electron chi connectivity index (χ2n) is 6.94. The highest BCUT2D eigenvalue weighted by Crippen LogP contribution is 2.31. The Morgan fingerprint density at radius 3 is 2.56 bits per heavy atom. The summed E-state index contributed by atoms with van der Waals surface area (Å²) in [5.74, 6) is -0.966. The van der Waals surface area contributed by atoms with Crippen LogP contribution >= 0.6 is 23.2 Å². The van der Waals surface area contributed by atoms with E-state index in [-0.39, 0.29) is 23.4 Å². The third kappa shape index (κ3) is 6.29. The van der Waals surface area contributed by atoms with E-state index < -0.39 is 11.9 Å². The number of nitriles is 1. The molecule has 172 valence electrons. The van der Waals surface area contributed by atoms with Crippen molar-refractivity contribution in [3.05, 3.63) is 93.0 Å². The van der Waals surface area contributed by atoms with Crippen molar-refractivity contribution in [3.63, 3.8) is 0 Å². The molecule has 0 saturated heterocycles. The second kappa shape index (κ2) is 11.2. The fourth-order valence-corrected chi connectivity index (χ4v) is 3.39. The van der Waals surface area contributed by atoms with Crippen LogP contribution in [0.15, 0.2) is 66.2 Å². The molecule has 3 rings (SSSR count). The van der Waals surface area contributed by atoms with E-state index in [2.05, 4.69) is 5.32 Å². The zero-order chi connectivity index (χ0) is 24.7. The summed E-state index contributed by atoms with van der Waals surface area (Å²) in [5.41, 5.74) is 1.37. The molecule has 3 aromatic rings. The largest absolute Gasteiger partial charge is 0.493 e. The van der Waals surface area contributed by atoms with Gasteiger partial charge in [0, 0.05) is 21.3 Å².